The molecule has 25 heavy (non-hydrogen) atoms. The van der Waals surface area contributed by atoms with Crippen molar-refractivity contribution in [3.05, 3.63) is 60.5 Å². The number of methoxy groups -OCH3 is 1. The van der Waals surface area contributed by atoms with Gasteiger partial charge in [0.2, 0.25) is 5.89 Å². The highest BCUT2D eigenvalue weighted by Crippen LogP contribution is 2.28. The van der Waals surface area contributed by atoms with Gasteiger partial charge in [-0.1, -0.05) is 30.3 Å². The second-order valence-corrected chi connectivity index (χ2v) is 5.08. The van der Waals surface area contributed by atoms with Crippen LogP contribution in [0.1, 0.15) is 5.89 Å². The molecule has 0 saturated carbocycles. The van der Waals surface area contributed by atoms with E-state index in [1.54, 1.807) is 31.4 Å². The Morgan fingerprint density at radius 3 is 2.64 bits per heavy atom. The Bertz CT molecular complexity index is 833. The lowest BCUT2D eigenvalue weighted by Gasteiger charge is -2.05. The van der Waals surface area contributed by atoms with Crippen LogP contribution in [0.15, 0.2) is 59.0 Å². The van der Waals surface area contributed by atoms with Crippen molar-refractivity contribution in [1.29, 1.82) is 0 Å². The smallest absolute Gasteiger partial charge is 0.412 e. The zero-order valence-electron chi connectivity index (χ0n) is 13.6. The van der Waals surface area contributed by atoms with Crippen molar-refractivity contribution in [2.75, 3.05) is 13.7 Å². The molecule has 0 fully saturated rings. The second-order valence-electron chi connectivity index (χ2n) is 5.08. The molecule has 128 valence electrons. The fraction of sp³-hybridized carbons (Fsp3) is 0.167. The molecule has 1 heterocycles. The highest BCUT2D eigenvalue weighted by Gasteiger charge is 2.13. The van der Waals surface area contributed by atoms with Crippen LogP contribution in [0.4, 0.5) is 4.79 Å². The van der Waals surface area contributed by atoms with Gasteiger partial charge in [0.25, 0.3) is 5.89 Å². The minimum Gasteiger partial charge on any atom is -0.496 e. The van der Waals surface area contributed by atoms with Crippen LogP contribution in [0, 0.1) is 0 Å². The summed E-state index contributed by atoms with van der Waals surface area (Å²) in [5.41, 5.74) is 0.722. The van der Waals surface area contributed by atoms with E-state index in [4.69, 9.17) is 13.9 Å². The Kier molecular flexibility index (Phi) is 5.26. The lowest BCUT2D eigenvalue weighted by molar-refractivity contribution is 0.200. The monoisotopic (exact) mass is 339 g/mol. The number of rotatable bonds is 6. The van der Waals surface area contributed by atoms with Crippen molar-refractivity contribution < 1.29 is 18.7 Å². The molecule has 2 aromatic carbocycles. The maximum atomic E-state index is 11.7. The maximum absolute atomic E-state index is 11.7. The van der Waals surface area contributed by atoms with Gasteiger partial charge in [0, 0.05) is 13.0 Å². The lowest BCUT2D eigenvalue weighted by atomic mass is 10.2. The molecule has 1 N–H and O–H groups in total. The number of nitrogens with one attached hydrogen (secondary N) is 1. The maximum Gasteiger partial charge on any atom is 0.412 e. The molecule has 0 bridgehead atoms. The van der Waals surface area contributed by atoms with Gasteiger partial charge >= 0.3 is 6.09 Å². The van der Waals surface area contributed by atoms with Gasteiger partial charge in [0.15, 0.2) is 0 Å². The number of carbonyl (C=O) groups is 1. The van der Waals surface area contributed by atoms with E-state index in [0.29, 0.717) is 36.2 Å². The summed E-state index contributed by atoms with van der Waals surface area (Å²) in [5, 5.41) is 10.6. The average molecular weight is 339 g/mol. The van der Waals surface area contributed by atoms with Gasteiger partial charge in [-0.05, 0) is 24.3 Å². The van der Waals surface area contributed by atoms with Crippen molar-refractivity contribution in [2.24, 2.45) is 0 Å². The van der Waals surface area contributed by atoms with E-state index in [2.05, 4.69) is 15.5 Å². The van der Waals surface area contributed by atoms with Crippen LogP contribution in [0.3, 0.4) is 0 Å². The molecular weight excluding hydrogens is 322 g/mol. The molecule has 0 unspecified atom stereocenters. The lowest BCUT2D eigenvalue weighted by Crippen LogP contribution is -2.28. The van der Waals surface area contributed by atoms with E-state index >= 15 is 0 Å². The normalized spacial score (nSPS) is 10.3. The summed E-state index contributed by atoms with van der Waals surface area (Å²) in [6.07, 6.45) is -0.137. The van der Waals surface area contributed by atoms with Crippen LogP contribution in [0.25, 0.3) is 11.5 Å². The molecule has 0 spiro atoms. The van der Waals surface area contributed by atoms with E-state index in [-0.39, 0.29) is 0 Å². The molecule has 0 radical (unpaired) electrons. The Balaban J connectivity index is 1.53. The molecule has 1 aromatic heterocycles. The molecule has 0 atom stereocenters. The fourth-order valence-corrected chi connectivity index (χ4v) is 2.19. The molecule has 3 aromatic rings. The van der Waals surface area contributed by atoms with Crippen molar-refractivity contribution in [2.45, 2.75) is 6.42 Å². The molecule has 0 aliphatic rings. The Morgan fingerprint density at radius 1 is 1.08 bits per heavy atom. The zero-order valence-corrected chi connectivity index (χ0v) is 13.6. The number of ether oxygens (including phenoxy) is 2. The van der Waals surface area contributed by atoms with Crippen LogP contribution in [0.5, 0.6) is 11.5 Å². The largest absolute Gasteiger partial charge is 0.496 e. The number of benzene rings is 2. The molecular formula is C18H17N3O4. The van der Waals surface area contributed by atoms with Gasteiger partial charge in [-0.2, -0.15) is 0 Å². The zero-order chi connectivity index (χ0) is 17.5. The summed E-state index contributed by atoms with van der Waals surface area (Å²) >= 11 is 0. The molecule has 0 aliphatic heterocycles. The van der Waals surface area contributed by atoms with Crippen molar-refractivity contribution in [1.82, 2.24) is 15.5 Å². The summed E-state index contributed by atoms with van der Waals surface area (Å²) in [5.74, 6) is 1.93. The SMILES string of the molecule is COc1ccccc1-c1nnc(CCNC(=O)Oc2ccccc2)o1. The Morgan fingerprint density at radius 2 is 1.84 bits per heavy atom. The van der Waals surface area contributed by atoms with Gasteiger partial charge in [-0.25, -0.2) is 4.79 Å². The summed E-state index contributed by atoms with van der Waals surface area (Å²) < 4.78 is 16.0. The van der Waals surface area contributed by atoms with Gasteiger partial charge in [0.05, 0.1) is 12.7 Å². The third kappa shape index (κ3) is 4.35. The summed E-state index contributed by atoms with van der Waals surface area (Å²) in [6, 6.07) is 16.2. The van der Waals surface area contributed by atoms with Gasteiger partial charge < -0.3 is 19.2 Å². The van der Waals surface area contributed by atoms with Crippen LogP contribution >= 0.6 is 0 Å². The van der Waals surface area contributed by atoms with Crippen LogP contribution < -0.4 is 14.8 Å². The molecule has 7 heteroatoms. The third-order valence-electron chi connectivity index (χ3n) is 3.37. The number of amides is 1. The molecule has 0 saturated heterocycles. The first kappa shape index (κ1) is 16.5. The molecule has 7 nitrogen and oxygen atoms in total. The first-order valence-corrected chi connectivity index (χ1v) is 7.73. The Hall–Kier alpha value is -3.35. The van der Waals surface area contributed by atoms with E-state index < -0.39 is 6.09 Å². The second kappa shape index (κ2) is 7.96. The molecule has 3 rings (SSSR count). The van der Waals surface area contributed by atoms with Gasteiger partial charge in [-0.3, -0.25) is 0 Å². The van der Waals surface area contributed by atoms with E-state index in [1.807, 2.05) is 30.3 Å². The van der Waals surface area contributed by atoms with E-state index in [9.17, 15) is 4.79 Å². The average Bonchev–Trinajstić information content (AvgIpc) is 3.11. The minimum atomic E-state index is -0.532. The topological polar surface area (TPSA) is 86.5 Å². The van der Waals surface area contributed by atoms with Gasteiger partial charge in [0.1, 0.15) is 11.5 Å². The van der Waals surface area contributed by atoms with Crippen LogP contribution in [0.2, 0.25) is 0 Å². The predicted octanol–water partition coefficient (Wildman–Crippen LogP) is 3.08. The first-order chi connectivity index (χ1) is 12.3. The van der Waals surface area contributed by atoms with Crippen LogP contribution in [-0.2, 0) is 6.42 Å². The minimum absolute atomic E-state index is 0.319. The summed E-state index contributed by atoms with van der Waals surface area (Å²) in [7, 11) is 1.58. The highest BCUT2D eigenvalue weighted by molar-refractivity contribution is 5.70. The fourth-order valence-electron chi connectivity index (χ4n) is 2.19. The van der Waals surface area contributed by atoms with Crippen molar-refractivity contribution in [3.8, 4) is 23.0 Å². The van der Waals surface area contributed by atoms with Gasteiger partial charge in [-0.15, -0.1) is 10.2 Å². The van der Waals surface area contributed by atoms with E-state index in [0.717, 1.165) is 5.56 Å². The number of hydrogen-bond donors (Lipinski definition) is 1. The number of hydrogen-bond acceptors (Lipinski definition) is 6. The first-order valence-electron chi connectivity index (χ1n) is 7.73. The predicted molar refractivity (Wildman–Crippen MR) is 90.5 cm³/mol. The van der Waals surface area contributed by atoms with Crippen LogP contribution in [-0.4, -0.2) is 29.9 Å². The quantitative estimate of drug-likeness (QED) is 0.743. The number of aromatic nitrogens is 2. The molecule has 0 aliphatic carbocycles. The summed E-state index contributed by atoms with van der Waals surface area (Å²) in [6.45, 7) is 0.319. The Labute approximate surface area is 144 Å². The number of nitrogens with zero attached hydrogens (tertiary/aromatic N) is 2. The van der Waals surface area contributed by atoms with Crippen molar-refractivity contribution in [3.63, 3.8) is 0 Å². The number of carbonyl (C=O) groups excluding carboxylic acids is 1. The van der Waals surface area contributed by atoms with E-state index in [1.165, 1.54) is 0 Å². The highest BCUT2D eigenvalue weighted by atomic mass is 16.6. The number of para-hydroxylation sites is 2. The molecule has 1 amide bonds. The standard InChI is InChI=1S/C18H17N3O4/c1-23-15-10-6-5-9-14(15)17-21-20-16(25-17)11-12-19-18(22)24-13-7-3-2-4-8-13/h2-10H,11-12H2,1H3,(H,19,22). The third-order valence-corrected chi connectivity index (χ3v) is 3.37. The summed E-state index contributed by atoms with van der Waals surface area (Å²) in [4.78, 5) is 11.7. The van der Waals surface area contributed by atoms with Crippen molar-refractivity contribution >= 4 is 6.09 Å².